The lowest BCUT2D eigenvalue weighted by Crippen LogP contribution is -1.87. The van der Waals surface area contributed by atoms with Crippen molar-refractivity contribution >= 4 is 17.8 Å². The maximum atomic E-state index is 13.3. The number of nitrogens with zero attached hydrogens (tertiary/aromatic N) is 1. The molecular formula is C13H10ClFN2. The van der Waals surface area contributed by atoms with Crippen molar-refractivity contribution in [2.75, 3.05) is 0 Å². The Bertz CT molecular complexity index is 550. The van der Waals surface area contributed by atoms with Crippen LogP contribution in [0.15, 0.2) is 47.6 Å². The molecule has 2 aromatic rings. The molecule has 0 spiro atoms. The van der Waals surface area contributed by atoms with E-state index in [1.54, 1.807) is 18.3 Å². The van der Waals surface area contributed by atoms with Gasteiger partial charge in [-0.15, -0.1) is 0 Å². The highest BCUT2D eigenvalue weighted by Gasteiger charge is 2.02. The maximum absolute atomic E-state index is 13.3. The van der Waals surface area contributed by atoms with Crippen LogP contribution in [0.2, 0.25) is 5.02 Å². The Kier molecular flexibility index (Phi) is 3.40. The first kappa shape index (κ1) is 11.6. The van der Waals surface area contributed by atoms with Gasteiger partial charge in [0, 0.05) is 0 Å². The zero-order valence-electron chi connectivity index (χ0n) is 8.90. The van der Waals surface area contributed by atoms with E-state index >= 15 is 0 Å². The minimum atomic E-state index is -0.420. The fourth-order valence-electron chi connectivity index (χ4n) is 1.52. The van der Waals surface area contributed by atoms with Gasteiger partial charge in [-0.3, -0.25) is 0 Å². The second-order valence-corrected chi connectivity index (χ2v) is 3.94. The van der Waals surface area contributed by atoms with Crippen LogP contribution in [0.25, 0.3) is 11.1 Å². The predicted octanol–water partition coefficient (Wildman–Crippen LogP) is 3.44. The average molecular weight is 249 g/mol. The van der Waals surface area contributed by atoms with Crippen LogP contribution in [0.4, 0.5) is 4.39 Å². The first-order chi connectivity index (χ1) is 8.20. The molecular weight excluding hydrogens is 239 g/mol. The summed E-state index contributed by atoms with van der Waals surface area (Å²) < 4.78 is 13.3. The van der Waals surface area contributed by atoms with Gasteiger partial charge in [-0.1, -0.05) is 41.9 Å². The van der Waals surface area contributed by atoms with Crippen LogP contribution in [0.5, 0.6) is 0 Å². The van der Waals surface area contributed by atoms with E-state index < -0.39 is 5.82 Å². The molecule has 4 heteroatoms. The summed E-state index contributed by atoms with van der Waals surface area (Å²) in [5.41, 5.74) is 2.59. The molecule has 0 aliphatic rings. The van der Waals surface area contributed by atoms with Crippen molar-refractivity contribution in [1.82, 2.24) is 0 Å². The number of hydrogen-bond donors (Lipinski definition) is 1. The number of rotatable bonds is 2. The molecule has 2 N–H and O–H groups in total. The maximum Gasteiger partial charge on any atom is 0.142 e. The molecule has 0 unspecified atom stereocenters. The summed E-state index contributed by atoms with van der Waals surface area (Å²) in [4.78, 5) is 0. The monoisotopic (exact) mass is 248 g/mol. The predicted molar refractivity (Wildman–Crippen MR) is 68.6 cm³/mol. The summed E-state index contributed by atoms with van der Waals surface area (Å²) in [6.45, 7) is 0. The Labute approximate surface area is 104 Å². The number of hydrogen-bond acceptors (Lipinski definition) is 2. The third-order valence-corrected chi connectivity index (χ3v) is 2.69. The van der Waals surface area contributed by atoms with E-state index in [0.717, 1.165) is 16.7 Å². The second-order valence-electron chi connectivity index (χ2n) is 3.53. The van der Waals surface area contributed by atoms with E-state index in [1.165, 1.54) is 6.07 Å². The van der Waals surface area contributed by atoms with Gasteiger partial charge in [-0.25, -0.2) is 4.39 Å². The molecule has 0 bridgehead atoms. The summed E-state index contributed by atoms with van der Waals surface area (Å²) in [6, 6.07) is 12.2. The van der Waals surface area contributed by atoms with E-state index in [9.17, 15) is 4.39 Å². The summed E-state index contributed by atoms with van der Waals surface area (Å²) in [7, 11) is 0. The van der Waals surface area contributed by atoms with Crippen LogP contribution >= 0.6 is 11.6 Å². The van der Waals surface area contributed by atoms with Crippen molar-refractivity contribution in [3.8, 4) is 11.1 Å². The summed E-state index contributed by atoms with van der Waals surface area (Å²) in [6.07, 6.45) is 1.55. The van der Waals surface area contributed by atoms with E-state index in [-0.39, 0.29) is 5.02 Å². The number of halogens is 2. The van der Waals surface area contributed by atoms with Crippen LogP contribution in [0, 0.1) is 5.82 Å². The second kappa shape index (κ2) is 4.97. The minimum absolute atomic E-state index is 0.126. The average Bonchev–Trinajstić information content (AvgIpc) is 2.34. The van der Waals surface area contributed by atoms with E-state index in [2.05, 4.69) is 5.10 Å². The zero-order valence-corrected chi connectivity index (χ0v) is 9.66. The van der Waals surface area contributed by atoms with Gasteiger partial charge in [0.1, 0.15) is 5.82 Å². The van der Waals surface area contributed by atoms with Gasteiger partial charge < -0.3 is 5.84 Å². The van der Waals surface area contributed by atoms with Crippen molar-refractivity contribution in [2.24, 2.45) is 10.9 Å². The van der Waals surface area contributed by atoms with E-state index in [4.69, 9.17) is 17.4 Å². The quantitative estimate of drug-likeness (QED) is 0.494. The van der Waals surface area contributed by atoms with E-state index in [1.807, 2.05) is 24.3 Å². The molecule has 2 aromatic carbocycles. The molecule has 86 valence electrons. The van der Waals surface area contributed by atoms with Gasteiger partial charge in [0.2, 0.25) is 0 Å². The van der Waals surface area contributed by atoms with E-state index in [0.29, 0.717) is 0 Å². The lowest BCUT2D eigenvalue weighted by atomic mass is 10.0. The van der Waals surface area contributed by atoms with Crippen molar-refractivity contribution in [3.63, 3.8) is 0 Å². The van der Waals surface area contributed by atoms with Crippen LogP contribution in [-0.4, -0.2) is 6.21 Å². The molecule has 0 atom stereocenters. The van der Waals surface area contributed by atoms with Crippen LogP contribution < -0.4 is 5.84 Å². The van der Waals surface area contributed by atoms with Crippen molar-refractivity contribution in [1.29, 1.82) is 0 Å². The van der Waals surface area contributed by atoms with Crippen molar-refractivity contribution in [3.05, 3.63) is 58.9 Å². The van der Waals surface area contributed by atoms with Gasteiger partial charge in [0.15, 0.2) is 0 Å². The molecule has 0 saturated carbocycles. The summed E-state index contributed by atoms with van der Waals surface area (Å²) in [5, 5.41) is 3.56. The molecule has 2 nitrogen and oxygen atoms in total. The molecule has 0 radical (unpaired) electrons. The molecule has 0 aliphatic heterocycles. The Balaban J connectivity index is 2.36. The third kappa shape index (κ3) is 2.63. The molecule has 0 aromatic heterocycles. The smallest absolute Gasteiger partial charge is 0.142 e. The first-order valence-corrected chi connectivity index (χ1v) is 5.37. The van der Waals surface area contributed by atoms with Crippen LogP contribution in [-0.2, 0) is 0 Å². The molecule has 0 fully saturated rings. The largest absolute Gasteiger partial charge is 0.323 e. The normalized spacial score (nSPS) is 10.9. The molecule has 2 rings (SSSR count). The van der Waals surface area contributed by atoms with Gasteiger partial charge in [0.25, 0.3) is 0 Å². The fourth-order valence-corrected chi connectivity index (χ4v) is 1.64. The molecule has 17 heavy (non-hydrogen) atoms. The minimum Gasteiger partial charge on any atom is -0.323 e. The standard InChI is InChI=1S/C13H10ClFN2/c14-12-6-5-11(7-13(12)15)10-3-1-9(2-4-10)8-17-16/h1-8H,16H2. The topological polar surface area (TPSA) is 38.4 Å². The van der Waals surface area contributed by atoms with Crippen LogP contribution in [0.3, 0.4) is 0 Å². The Morgan fingerprint density at radius 3 is 2.29 bits per heavy atom. The van der Waals surface area contributed by atoms with Gasteiger partial charge in [0.05, 0.1) is 11.2 Å². The number of hydrazone groups is 1. The van der Waals surface area contributed by atoms with Crippen molar-refractivity contribution in [2.45, 2.75) is 0 Å². The van der Waals surface area contributed by atoms with Crippen LogP contribution in [0.1, 0.15) is 5.56 Å². The van der Waals surface area contributed by atoms with Gasteiger partial charge >= 0.3 is 0 Å². The van der Waals surface area contributed by atoms with Gasteiger partial charge in [-0.05, 0) is 28.8 Å². The fraction of sp³-hybridized carbons (Fsp3) is 0. The lowest BCUT2D eigenvalue weighted by molar-refractivity contribution is 0.629. The number of nitrogens with two attached hydrogens (primary N) is 1. The van der Waals surface area contributed by atoms with Gasteiger partial charge in [-0.2, -0.15) is 5.10 Å². The zero-order chi connectivity index (χ0) is 12.3. The molecule has 0 aliphatic carbocycles. The summed E-state index contributed by atoms with van der Waals surface area (Å²) in [5.74, 6) is 4.63. The molecule has 0 saturated heterocycles. The lowest BCUT2D eigenvalue weighted by Gasteiger charge is -2.03. The highest BCUT2D eigenvalue weighted by molar-refractivity contribution is 6.30. The summed E-state index contributed by atoms with van der Waals surface area (Å²) >= 11 is 5.63. The Hall–Kier alpha value is -1.87. The Morgan fingerprint density at radius 1 is 1.06 bits per heavy atom. The third-order valence-electron chi connectivity index (χ3n) is 2.39. The highest BCUT2D eigenvalue weighted by Crippen LogP contribution is 2.24. The number of benzene rings is 2. The molecule has 0 amide bonds. The molecule has 0 heterocycles. The Morgan fingerprint density at radius 2 is 1.71 bits per heavy atom. The van der Waals surface area contributed by atoms with Crippen molar-refractivity contribution < 1.29 is 4.39 Å². The SMILES string of the molecule is NN=Cc1ccc(-c2ccc(Cl)c(F)c2)cc1. The first-order valence-electron chi connectivity index (χ1n) is 4.99. The highest BCUT2D eigenvalue weighted by atomic mass is 35.5.